The highest BCUT2D eigenvalue weighted by Gasteiger charge is 2.31. The number of hydrogen-bond acceptors (Lipinski definition) is 3. The quantitative estimate of drug-likeness (QED) is 0.917. The van der Waals surface area contributed by atoms with E-state index in [9.17, 15) is 4.39 Å². The van der Waals surface area contributed by atoms with Crippen molar-refractivity contribution >= 4 is 0 Å². The van der Waals surface area contributed by atoms with Crippen molar-refractivity contribution in [2.75, 3.05) is 32.7 Å². The topological polar surface area (TPSA) is 32.5 Å². The molecule has 3 rings (SSSR count). The molecule has 0 aromatic heterocycles. The lowest BCUT2D eigenvalue weighted by molar-refractivity contribution is 0.176. The molecule has 2 saturated heterocycles. The van der Waals surface area contributed by atoms with Crippen LogP contribution in [0.4, 0.5) is 4.39 Å². The van der Waals surface area contributed by atoms with Gasteiger partial charge in [-0.15, -0.1) is 0 Å². The van der Waals surface area contributed by atoms with Crippen molar-refractivity contribution in [2.45, 2.75) is 31.3 Å². The predicted molar refractivity (Wildman–Crippen MR) is 79.0 cm³/mol. The summed E-state index contributed by atoms with van der Waals surface area (Å²) in [4.78, 5) is 5.07. The number of hydrogen-bond donors (Lipinski definition) is 1. The van der Waals surface area contributed by atoms with Gasteiger partial charge in [-0.2, -0.15) is 0 Å². The zero-order valence-electron chi connectivity index (χ0n) is 12.0. The van der Waals surface area contributed by atoms with E-state index >= 15 is 0 Å². The van der Waals surface area contributed by atoms with Crippen LogP contribution in [0.15, 0.2) is 24.3 Å². The van der Waals surface area contributed by atoms with Crippen molar-refractivity contribution in [2.24, 2.45) is 5.73 Å². The van der Waals surface area contributed by atoms with Gasteiger partial charge in [0.1, 0.15) is 5.82 Å². The number of rotatable bonds is 3. The van der Waals surface area contributed by atoms with Crippen LogP contribution in [0, 0.1) is 5.82 Å². The van der Waals surface area contributed by atoms with Gasteiger partial charge in [-0.3, -0.25) is 9.80 Å². The second-order valence-electron chi connectivity index (χ2n) is 5.99. The van der Waals surface area contributed by atoms with Crippen LogP contribution in [0.3, 0.4) is 0 Å². The fraction of sp³-hybridized carbons (Fsp3) is 0.625. The summed E-state index contributed by atoms with van der Waals surface area (Å²) in [6.07, 6.45) is 3.78. The van der Waals surface area contributed by atoms with Crippen LogP contribution >= 0.6 is 0 Å². The van der Waals surface area contributed by atoms with E-state index in [4.69, 9.17) is 5.73 Å². The molecule has 2 unspecified atom stereocenters. The lowest BCUT2D eigenvalue weighted by atomic mass is 10.0. The van der Waals surface area contributed by atoms with Crippen LogP contribution < -0.4 is 5.73 Å². The first-order valence-electron chi connectivity index (χ1n) is 7.71. The highest BCUT2D eigenvalue weighted by molar-refractivity contribution is 5.21. The molecule has 0 saturated carbocycles. The van der Waals surface area contributed by atoms with E-state index in [2.05, 4.69) is 9.80 Å². The van der Waals surface area contributed by atoms with Gasteiger partial charge in [-0.1, -0.05) is 12.1 Å². The molecule has 0 bridgehead atoms. The summed E-state index contributed by atoms with van der Waals surface area (Å²) in [7, 11) is 0. The van der Waals surface area contributed by atoms with Crippen LogP contribution in [-0.2, 0) is 0 Å². The van der Waals surface area contributed by atoms with E-state index in [0.29, 0.717) is 12.6 Å². The molecule has 1 aromatic rings. The van der Waals surface area contributed by atoms with E-state index < -0.39 is 0 Å². The molecule has 2 N–H and O–H groups in total. The third-order valence-corrected chi connectivity index (χ3v) is 4.73. The average molecular weight is 277 g/mol. The van der Waals surface area contributed by atoms with Crippen molar-refractivity contribution in [3.63, 3.8) is 0 Å². The molecule has 2 aliphatic rings. The molecule has 110 valence electrons. The minimum absolute atomic E-state index is 0.145. The number of nitrogens with zero attached hydrogens (tertiary/aromatic N) is 2. The van der Waals surface area contributed by atoms with Gasteiger partial charge in [0, 0.05) is 31.7 Å². The molecule has 0 aliphatic carbocycles. The van der Waals surface area contributed by atoms with Crippen LogP contribution in [0.2, 0.25) is 0 Å². The van der Waals surface area contributed by atoms with Crippen LogP contribution in [0.1, 0.15) is 30.9 Å². The van der Waals surface area contributed by atoms with E-state index in [1.807, 2.05) is 6.07 Å². The summed E-state index contributed by atoms with van der Waals surface area (Å²) < 4.78 is 13.5. The van der Waals surface area contributed by atoms with Gasteiger partial charge in [0.15, 0.2) is 0 Å². The molecule has 2 heterocycles. The zero-order chi connectivity index (χ0) is 13.9. The van der Waals surface area contributed by atoms with Crippen molar-refractivity contribution in [1.82, 2.24) is 9.80 Å². The number of fused-ring (bicyclic) bond motifs is 1. The molecular formula is C16H24FN3. The first-order valence-corrected chi connectivity index (χ1v) is 7.71. The lowest BCUT2D eigenvalue weighted by Gasteiger charge is -2.32. The van der Waals surface area contributed by atoms with Crippen LogP contribution in [0.5, 0.6) is 0 Å². The Labute approximate surface area is 120 Å². The first kappa shape index (κ1) is 14.0. The molecule has 0 radical (unpaired) electrons. The van der Waals surface area contributed by atoms with Gasteiger partial charge in [-0.05, 0) is 50.0 Å². The summed E-state index contributed by atoms with van der Waals surface area (Å²) in [5.41, 5.74) is 7.01. The lowest BCUT2D eigenvalue weighted by Crippen LogP contribution is -2.40. The highest BCUT2D eigenvalue weighted by atomic mass is 19.1. The van der Waals surface area contributed by atoms with Crippen molar-refractivity contribution in [3.8, 4) is 0 Å². The Morgan fingerprint density at radius 3 is 2.90 bits per heavy atom. The molecule has 0 amide bonds. The number of halogens is 1. The molecular weight excluding hydrogens is 253 g/mol. The van der Waals surface area contributed by atoms with Gasteiger partial charge in [0.2, 0.25) is 0 Å². The van der Waals surface area contributed by atoms with Gasteiger partial charge < -0.3 is 5.73 Å². The Balaban J connectivity index is 1.78. The molecule has 20 heavy (non-hydrogen) atoms. The van der Waals surface area contributed by atoms with E-state index in [-0.39, 0.29) is 11.9 Å². The summed E-state index contributed by atoms with van der Waals surface area (Å²) in [5.74, 6) is -0.168. The third-order valence-electron chi connectivity index (χ3n) is 4.73. The summed E-state index contributed by atoms with van der Waals surface area (Å²) in [6.45, 7) is 5.12. The van der Waals surface area contributed by atoms with E-state index in [0.717, 1.165) is 18.7 Å². The average Bonchev–Trinajstić information content (AvgIpc) is 2.78. The van der Waals surface area contributed by atoms with Gasteiger partial charge >= 0.3 is 0 Å². The molecule has 2 fully saturated rings. The smallest absolute Gasteiger partial charge is 0.123 e. The summed E-state index contributed by atoms with van der Waals surface area (Å²) in [6, 6.07) is 7.73. The second kappa shape index (κ2) is 6.20. The Hall–Kier alpha value is -0.970. The second-order valence-corrected chi connectivity index (χ2v) is 5.99. The number of nitrogens with two attached hydrogens (primary N) is 1. The number of benzene rings is 1. The maximum Gasteiger partial charge on any atom is 0.123 e. The van der Waals surface area contributed by atoms with E-state index in [1.54, 1.807) is 12.1 Å². The molecule has 2 atom stereocenters. The zero-order valence-corrected chi connectivity index (χ0v) is 12.0. The van der Waals surface area contributed by atoms with Gasteiger partial charge in [0.25, 0.3) is 0 Å². The summed E-state index contributed by atoms with van der Waals surface area (Å²) in [5, 5.41) is 0. The Kier molecular flexibility index (Phi) is 4.34. The Morgan fingerprint density at radius 1 is 1.25 bits per heavy atom. The largest absolute Gasteiger partial charge is 0.329 e. The SMILES string of the molecule is NCC(c1cccc(F)c1)N1CCCN2CCCC2C1. The standard InChI is InChI=1S/C16H24FN3/c17-14-5-1-4-13(10-14)16(11-18)20-9-3-8-19-7-2-6-15(19)12-20/h1,4-5,10,15-16H,2-3,6-9,11-12,18H2. The highest BCUT2D eigenvalue weighted by Crippen LogP contribution is 2.27. The Morgan fingerprint density at radius 2 is 2.10 bits per heavy atom. The molecule has 4 heteroatoms. The van der Waals surface area contributed by atoms with Crippen LogP contribution in [0.25, 0.3) is 0 Å². The normalized spacial score (nSPS) is 26.2. The maximum atomic E-state index is 13.5. The predicted octanol–water partition coefficient (Wildman–Crippen LogP) is 2.00. The van der Waals surface area contributed by atoms with E-state index in [1.165, 1.54) is 38.4 Å². The minimum atomic E-state index is -0.168. The maximum absolute atomic E-state index is 13.5. The van der Waals surface area contributed by atoms with Gasteiger partial charge in [0.05, 0.1) is 0 Å². The molecule has 2 aliphatic heterocycles. The van der Waals surface area contributed by atoms with Gasteiger partial charge in [-0.25, -0.2) is 4.39 Å². The van der Waals surface area contributed by atoms with Crippen LogP contribution in [-0.4, -0.2) is 48.6 Å². The summed E-state index contributed by atoms with van der Waals surface area (Å²) >= 11 is 0. The molecule has 0 spiro atoms. The molecule has 3 nitrogen and oxygen atoms in total. The minimum Gasteiger partial charge on any atom is -0.329 e. The first-order chi connectivity index (χ1) is 9.78. The third kappa shape index (κ3) is 2.87. The van der Waals surface area contributed by atoms with Crippen molar-refractivity contribution in [1.29, 1.82) is 0 Å². The fourth-order valence-electron chi connectivity index (χ4n) is 3.73. The Bertz CT molecular complexity index is 451. The fourth-order valence-corrected chi connectivity index (χ4v) is 3.73. The van der Waals surface area contributed by atoms with Crippen molar-refractivity contribution in [3.05, 3.63) is 35.6 Å². The monoisotopic (exact) mass is 277 g/mol. The molecule has 1 aromatic carbocycles. The van der Waals surface area contributed by atoms with Crippen molar-refractivity contribution < 1.29 is 4.39 Å².